The highest BCUT2D eigenvalue weighted by Crippen LogP contribution is 2.35. The number of anilines is 3. The van der Waals surface area contributed by atoms with Gasteiger partial charge in [0.15, 0.2) is 5.65 Å². The quantitative estimate of drug-likeness (QED) is 0.412. The average molecular weight is 468 g/mol. The fourth-order valence-electron chi connectivity index (χ4n) is 4.56. The van der Waals surface area contributed by atoms with Crippen LogP contribution in [0.15, 0.2) is 35.4 Å². The number of hydrogen-bond acceptors (Lipinski definition) is 8. The van der Waals surface area contributed by atoms with Crippen molar-refractivity contribution in [2.75, 3.05) is 24.8 Å². The third-order valence-corrected chi connectivity index (χ3v) is 7.21. The Morgan fingerprint density at radius 2 is 2.15 bits per heavy atom. The van der Waals surface area contributed by atoms with Crippen molar-refractivity contribution in [3.8, 4) is 0 Å². The number of fused-ring (bicyclic) bond motifs is 1. The second-order valence-corrected chi connectivity index (χ2v) is 9.12. The summed E-state index contributed by atoms with van der Waals surface area (Å²) in [6.45, 7) is 1.98. The van der Waals surface area contributed by atoms with E-state index in [2.05, 4.69) is 26.0 Å². The molecule has 11 heteroatoms. The molecule has 4 atom stereocenters. The van der Waals surface area contributed by atoms with Gasteiger partial charge in [-0.1, -0.05) is 0 Å². The molecule has 2 fully saturated rings. The first-order valence-electron chi connectivity index (χ1n) is 11.4. The lowest BCUT2D eigenvalue weighted by Crippen LogP contribution is -2.59. The van der Waals surface area contributed by atoms with Gasteiger partial charge in [0.1, 0.15) is 22.9 Å². The minimum atomic E-state index is -0.512. The Hall–Kier alpha value is -3.44. The lowest BCUT2D eigenvalue weighted by Gasteiger charge is -2.45. The van der Waals surface area contributed by atoms with Crippen molar-refractivity contribution in [3.63, 3.8) is 0 Å². The highest BCUT2D eigenvalue weighted by atomic mass is 16.5. The zero-order valence-electron chi connectivity index (χ0n) is 19.4. The van der Waals surface area contributed by atoms with Gasteiger partial charge in [0, 0.05) is 26.4 Å². The molecule has 0 radical (unpaired) electrons. The Bertz CT molecular complexity index is 1300. The first kappa shape index (κ1) is 22.4. The normalized spacial score (nSPS) is 25.9. The molecule has 2 aliphatic carbocycles. The van der Waals surface area contributed by atoms with E-state index in [1.165, 1.54) is 6.20 Å². The third kappa shape index (κ3) is 3.61. The maximum atomic E-state index is 13.1. The van der Waals surface area contributed by atoms with Gasteiger partial charge in [0.25, 0.3) is 11.5 Å². The Morgan fingerprint density at radius 1 is 1.32 bits per heavy atom. The number of amides is 1. The van der Waals surface area contributed by atoms with Crippen molar-refractivity contribution in [1.29, 1.82) is 0 Å². The van der Waals surface area contributed by atoms with E-state index in [1.54, 1.807) is 47.6 Å². The van der Waals surface area contributed by atoms with E-state index in [-0.39, 0.29) is 29.2 Å². The summed E-state index contributed by atoms with van der Waals surface area (Å²) in [5.74, 6) is 0.707. The summed E-state index contributed by atoms with van der Waals surface area (Å²) < 4.78 is 8.65. The van der Waals surface area contributed by atoms with Crippen LogP contribution in [0.2, 0.25) is 0 Å². The minimum absolute atomic E-state index is 0.0883. The summed E-state index contributed by atoms with van der Waals surface area (Å²) in [6, 6.07) is 4.84. The zero-order chi connectivity index (χ0) is 24.0. The molecule has 180 valence electrons. The van der Waals surface area contributed by atoms with E-state index >= 15 is 0 Å². The Kier molecular flexibility index (Phi) is 5.53. The summed E-state index contributed by atoms with van der Waals surface area (Å²) in [5, 5.41) is 23.5. The van der Waals surface area contributed by atoms with Crippen LogP contribution in [0.1, 0.15) is 49.0 Å². The van der Waals surface area contributed by atoms with Gasteiger partial charge in [-0.15, -0.1) is 0 Å². The molecule has 4 N–H and O–H groups in total. The van der Waals surface area contributed by atoms with E-state index in [0.29, 0.717) is 35.0 Å². The second-order valence-electron chi connectivity index (χ2n) is 9.12. The van der Waals surface area contributed by atoms with Crippen LogP contribution in [-0.4, -0.2) is 62.1 Å². The van der Waals surface area contributed by atoms with Crippen LogP contribution in [0.4, 0.5) is 17.3 Å². The van der Waals surface area contributed by atoms with Crippen molar-refractivity contribution in [1.82, 2.24) is 24.5 Å². The molecule has 0 aromatic carbocycles. The van der Waals surface area contributed by atoms with E-state index in [4.69, 9.17) is 4.74 Å². The number of nitrogens with one attached hydrogen (secondary N) is 3. The highest BCUT2D eigenvalue weighted by Gasteiger charge is 2.44. The Balaban J connectivity index is 1.46. The van der Waals surface area contributed by atoms with Gasteiger partial charge in [-0.05, 0) is 44.7 Å². The molecule has 11 nitrogen and oxygen atoms in total. The maximum Gasteiger partial charge on any atom is 0.274 e. The van der Waals surface area contributed by atoms with Crippen molar-refractivity contribution >= 4 is 28.9 Å². The molecule has 0 spiro atoms. The summed E-state index contributed by atoms with van der Waals surface area (Å²) in [7, 11) is 3.39. The van der Waals surface area contributed by atoms with Gasteiger partial charge < -0.3 is 30.4 Å². The fraction of sp³-hybridized carbons (Fsp3) is 0.478. The minimum Gasteiger partial charge on any atom is -0.391 e. The molecule has 3 aromatic heterocycles. The van der Waals surface area contributed by atoms with Crippen LogP contribution >= 0.6 is 0 Å². The third-order valence-electron chi connectivity index (χ3n) is 7.21. The molecule has 2 aliphatic rings. The monoisotopic (exact) mass is 467 g/mol. The number of aliphatic hydroxyl groups excluding tert-OH is 1. The molecule has 3 aromatic rings. The predicted molar refractivity (Wildman–Crippen MR) is 127 cm³/mol. The van der Waals surface area contributed by atoms with Crippen LogP contribution < -0.4 is 21.5 Å². The first-order valence-corrected chi connectivity index (χ1v) is 11.4. The second kappa shape index (κ2) is 8.41. The van der Waals surface area contributed by atoms with Gasteiger partial charge in [0.2, 0.25) is 0 Å². The van der Waals surface area contributed by atoms with Crippen LogP contribution in [0.5, 0.6) is 0 Å². The molecule has 34 heavy (non-hydrogen) atoms. The summed E-state index contributed by atoms with van der Waals surface area (Å²) >= 11 is 0. The zero-order valence-corrected chi connectivity index (χ0v) is 19.4. The van der Waals surface area contributed by atoms with Crippen molar-refractivity contribution in [2.45, 2.75) is 56.4 Å². The lowest BCUT2D eigenvalue weighted by atomic mass is 9.76. The number of methoxy groups -OCH3 is 1. The molecule has 0 bridgehead atoms. The first-order chi connectivity index (χ1) is 16.3. The van der Waals surface area contributed by atoms with Gasteiger partial charge >= 0.3 is 0 Å². The van der Waals surface area contributed by atoms with E-state index < -0.39 is 6.10 Å². The molecule has 2 saturated carbocycles. The van der Waals surface area contributed by atoms with Crippen molar-refractivity contribution in [3.05, 3.63) is 46.5 Å². The number of nitrogens with zero attached hydrogens (tertiary/aromatic N) is 4. The lowest BCUT2D eigenvalue weighted by molar-refractivity contribution is -0.0828. The number of hydrogen-bond donors (Lipinski definition) is 4. The Labute approximate surface area is 196 Å². The summed E-state index contributed by atoms with van der Waals surface area (Å²) in [4.78, 5) is 30.7. The van der Waals surface area contributed by atoms with Gasteiger partial charge in [0.05, 0.1) is 30.0 Å². The molecule has 3 heterocycles. The highest BCUT2D eigenvalue weighted by molar-refractivity contribution is 6.00. The Morgan fingerprint density at radius 3 is 2.76 bits per heavy atom. The molecule has 0 aliphatic heterocycles. The molecule has 1 amide bonds. The van der Waals surface area contributed by atoms with E-state index in [1.807, 2.05) is 6.92 Å². The van der Waals surface area contributed by atoms with Crippen LogP contribution in [0.3, 0.4) is 0 Å². The van der Waals surface area contributed by atoms with Crippen LogP contribution in [0, 0.1) is 0 Å². The summed E-state index contributed by atoms with van der Waals surface area (Å²) in [6.07, 6.45) is 5.83. The predicted octanol–water partition coefficient (Wildman–Crippen LogP) is 1.67. The fourth-order valence-corrected chi connectivity index (χ4v) is 4.56. The molecular formula is C23H29N7O4. The number of rotatable bonds is 7. The summed E-state index contributed by atoms with van der Waals surface area (Å²) in [5.41, 5.74) is 0.394. The number of carbonyl (C=O) groups is 1. The smallest absolute Gasteiger partial charge is 0.274 e. The maximum absolute atomic E-state index is 13.1. The number of aliphatic hydroxyl groups is 1. The molecule has 5 rings (SSSR count). The van der Waals surface area contributed by atoms with Gasteiger partial charge in [-0.3, -0.25) is 9.59 Å². The van der Waals surface area contributed by atoms with Crippen molar-refractivity contribution in [2.24, 2.45) is 0 Å². The van der Waals surface area contributed by atoms with Crippen molar-refractivity contribution < 1.29 is 14.6 Å². The average Bonchev–Trinajstić information content (AvgIpc) is 3.26. The van der Waals surface area contributed by atoms with E-state index in [9.17, 15) is 14.7 Å². The number of carbonyl (C=O) groups excluding carboxylic acids is 1. The van der Waals surface area contributed by atoms with Gasteiger partial charge in [-0.25, -0.2) is 4.98 Å². The van der Waals surface area contributed by atoms with Gasteiger partial charge in [-0.2, -0.15) is 9.61 Å². The molecular weight excluding hydrogens is 438 g/mol. The molecule has 2 unspecified atom stereocenters. The largest absolute Gasteiger partial charge is 0.391 e. The van der Waals surface area contributed by atoms with Crippen LogP contribution in [-0.2, 0) is 4.74 Å². The molecule has 0 saturated heterocycles. The van der Waals surface area contributed by atoms with Crippen LogP contribution in [0.25, 0.3) is 5.65 Å². The number of pyridine rings is 1. The number of aromatic nitrogens is 4. The topological polar surface area (TPSA) is 135 Å². The van der Waals surface area contributed by atoms with E-state index in [0.717, 1.165) is 19.3 Å². The standard InChI is InChI=1S/C23H29N7O4/c1-23(34-3)9-8-17(23)27-21(32)13-12-25-30-19(24-2)11-18(28-20(13)30)26-14-5-4-10-29(22(14)33)15-6-7-16(15)31/h4-5,10-12,15-17,24,31H,6-9H2,1-3H3,(H,26,28)(H,27,32)/t15?,16-,17?,23-/m1/s1. The number of ether oxygens (including phenoxy) is 1. The SMILES string of the molecule is CNc1cc(Nc2cccn(C3CC[C@H]3O)c2=O)nc2c(C(=O)NC3CC[C@@]3(C)OC)cnn12.